The van der Waals surface area contributed by atoms with Crippen LogP contribution in [0.3, 0.4) is 0 Å². The summed E-state index contributed by atoms with van der Waals surface area (Å²) in [5, 5.41) is 11.5. The number of para-hydroxylation sites is 1. The van der Waals surface area contributed by atoms with Crippen LogP contribution in [0, 0.1) is 13.8 Å². The van der Waals surface area contributed by atoms with Gasteiger partial charge in [-0.05, 0) is 32.9 Å². The van der Waals surface area contributed by atoms with Crippen LogP contribution in [0.2, 0.25) is 0 Å². The lowest BCUT2D eigenvalue weighted by Crippen LogP contribution is -2.24. The Morgan fingerprint density at radius 3 is 2.54 bits per heavy atom. The van der Waals surface area contributed by atoms with E-state index in [0.29, 0.717) is 6.54 Å². The molecule has 0 atom stereocenters. The maximum Gasteiger partial charge on any atom is 0.356 e. The Balaban J connectivity index is 1.74. The van der Waals surface area contributed by atoms with Gasteiger partial charge in [-0.15, -0.1) is 0 Å². The molecule has 8 nitrogen and oxygen atoms in total. The standard InChI is InChI=1S/C20H23N5O3/c1-5-28-20(27)18-11-17(23-24(18)4)19(26)21-12-16-13(2)22-25(14(16)3)15-9-7-6-8-10-15/h6-11H,5,12H2,1-4H3,(H,21,26). The molecule has 1 amide bonds. The third kappa shape index (κ3) is 3.80. The molecule has 3 rings (SSSR count). The Hall–Kier alpha value is -3.42. The highest BCUT2D eigenvalue weighted by atomic mass is 16.5. The summed E-state index contributed by atoms with van der Waals surface area (Å²) in [5.41, 5.74) is 4.10. The van der Waals surface area contributed by atoms with E-state index in [2.05, 4.69) is 15.5 Å². The molecule has 8 heteroatoms. The van der Waals surface area contributed by atoms with Gasteiger partial charge in [0.15, 0.2) is 5.69 Å². The van der Waals surface area contributed by atoms with Gasteiger partial charge < -0.3 is 10.1 Å². The maximum absolute atomic E-state index is 12.5. The summed E-state index contributed by atoms with van der Waals surface area (Å²) >= 11 is 0. The minimum Gasteiger partial charge on any atom is -0.461 e. The molecular formula is C20H23N5O3. The second-order valence-electron chi connectivity index (χ2n) is 6.34. The first-order valence-corrected chi connectivity index (χ1v) is 9.02. The lowest BCUT2D eigenvalue weighted by molar-refractivity contribution is 0.0513. The van der Waals surface area contributed by atoms with Gasteiger partial charge in [0.25, 0.3) is 5.91 Å². The SMILES string of the molecule is CCOC(=O)c1cc(C(=O)NCc2c(C)nn(-c3ccccc3)c2C)nn1C. The molecular weight excluding hydrogens is 358 g/mol. The molecule has 2 heterocycles. The monoisotopic (exact) mass is 381 g/mol. The molecule has 0 spiro atoms. The minimum absolute atomic E-state index is 0.163. The van der Waals surface area contributed by atoms with Crippen molar-refractivity contribution in [2.24, 2.45) is 7.05 Å². The van der Waals surface area contributed by atoms with E-state index in [9.17, 15) is 9.59 Å². The van der Waals surface area contributed by atoms with E-state index in [1.165, 1.54) is 10.7 Å². The van der Waals surface area contributed by atoms with Gasteiger partial charge in [0.1, 0.15) is 5.69 Å². The van der Waals surface area contributed by atoms with Gasteiger partial charge in [0.05, 0.1) is 18.0 Å². The molecule has 0 fully saturated rings. The van der Waals surface area contributed by atoms with Gasteiger partial charge in [-0.2, -0.15) is 10.2 Å². The highest BCUT2D eigenvalue weighted by Crippen LogP contribution is 2.18. The van der Waals surface area contributed by atoms with E-state index in [4.69, 9.17) is 4.74 Å². The average Bonchev–Trinajstić information content (AvgIpc) is 3.21. The zero-order chi connectivity index (χ0) is 20.3. The highest BCUT2D eigenvalue weighted by molar-refractivity contribution is 5.96. The van der Waals surface area contributed by atoms with E-state index in [-0.39, 0.29) is 23.9 Å². The minimum atomic E-state index is -0.507. The highest BCUT2D eigenvalue weighted by Gasteiger charge is 2.19. The zero-order valence-electron chi connectivity index (χ0n) is 16.4. The van der Waals surface area contributed by atoms with Crippen LogP contribution >= 0.6 is 0 Å². The van der Waals surface area contributed by atoms with Gasteiger partial charge in [0, 0.05) is 30.9 Å². The lowest BCUT2D eigenvalue weighted by Gasteiger charge is -2.06. The molecule has 0 bridgehead atoms. The number of aromatic nitrogens is 4. The van der Waals surface area contributed by atoms with Crippen LogP contribution in [-0.4, -0.2) is 38.0 Å². The Labute approximate surface area is 163 Å². The number of carbonyl (C=O) groups is 2. The maximum atomic E-state index is 12.5. The van der Waals surface area contributed by atoms with Crippen LogP contribution < -0.4 is 5.32 Å². The van der Waals surface area contributed by atoms with Crippen LogP contribution in [0.15, 0.2) is 36.4 Å². The number of nitrogens with one attached hydrogen (secondary N) is 1. The van der Waals surface area contributed by atoms with Gasteiger partial charge in [-0.25, -0.2) is 9.48 Å². The summed E-state index contributed by atoms with van der Waals surface area (Å²) in [7, 11) is 1.60. The molecule has 1 aromatic carbocycles. The van der Waals surface area contributed by atoms with Crippen LogP contribution in [0.5, 0.6) is 0 Å². The van der Waals surface area contributed by atoms with E-state index in [1.54, 1.807) is 14.0 Å². The fourth-order valence-electron chi connectivity index (χ4n) is 2.98. The Kier molecular flexibility index (Phi) is 5.58. The molecule has 0 radical (unpaired) electrons. The number of benzene rings is 1. The Morgan fingerprint density at radius 2 is 1.86 bits per heavy atom. The van der Waals surface area contributed by atoms with Gasteiger partial charge in [-0.1, -0.05) is 18.2 Å². The first-order chi connectivity index (χ1) is 13.4. The van der Waals surface area contributed by atoms with E-state index < -0.39 is 5.97 Å². The number of ether oxygens (including phenoxy) is 1. The summed E-state index contributed by atoms with van der Waals surface area (Å²) < 4.78 is 8.17. The number of nitrogens with zero attached hydrogens (tertiary/aromatic N) is 4. The number of esters is 1. The molecule has 0 aliphatic rings. The number of rotatable bonds is 6. The largest absolute Gasteiger partial charge is 0.461 e. The van der Waals surface area contributed by atoms with E-state index in [0.717, 1.165) is 22.6 Å². The molecule has 0 aliphatic carbocycles. The topological polar surface area (TPSA) is 91.0 Å². The Bertz CT molecular complexity index is 1000. The molecule has 0 unspecified atom stereocenters. The third-order valence-corrected chi connectivity index (χ3v) is 4.46. The van der Waals surface area contributed by atoms with Crippen molar-refractivity contribution in [3.05, 3.63) is 64.7 Å². The molecule has 1 N–H and O–H groups in total. The molecule has 0 saturated carbocycles. The molecule has 2 aromatic heterocycles. The molecule has 146 valence electrons. The van der Waals surface area contributed by atoms with Crippen molar-refractivity contribution in [3.8, 4) is 5.69 Å². The Morgan fingerprint density at radius 1 is 1.14 bits per heavy atom. The number of carbonyl (C=O) groups excluding carboxylic acids is 2. The summed E-state index contributed by atoms with van der Waals surface area (Å²) in [6, 6.07) is 11.2. The van der Waals surface area contributed by atoms with Crippen molar-refractivity contribution in [2.75, 3.05) is 6.61 Å². The van der Waals surface area contributed by atoms with Crippen molar-refractivity contribution in [3.63, 3.8) is 0 Å². The van der Waals surface area contributed by atoms with Crippen molar-refractivity contribution in [2.45, 2.75) is 27.3 Å². The molecule has 0 aliphatic heterocycles. The van der Waals surface area contributed by atoms with Crippen molar-refractivity contribution in [1.29, 1.82) is 0 Å². The third-order valence-electron chi connectivity index (χ3n) is 4.46. The normalized spacial score (nSPS) is 10.7. The molecule has 28 heavy (non-hydrogen) atoms. The van der Waals surface area contributed by atoms with Crippen LogP contribution in [0.25, 0.3) is 5.69 Å². The van der Waals surface area contributed by atoms with Crippen molar-refractivity contribution in [1.82, 2.24) is 24.9 Å². The summed E-state index contributed by atoms with van der Waals surface area (Å²) in [5.74, 6) is -0.871. The molecule has 0 saturated heterocycles. The van der Waals surface area contributed by atoms with Crippen molar-refractivity contribution < 1.29 is 14.3 Å². The molecule has 3 aromatic rings. The van der Waals surface area contributed by atoms with Gasteiger partial charge in [-0.3, -0.25) is 9.48 Å². The fourth-order valence-corrected chi connectivity index (χ4v) is 2.98. The van der Waals surface area contributed by atoms with Gasteiger partial charge in [0.2, 0.25) is 0 Å². The van der Waals surface area contributed by atoms with E-state index in [1.807, 2.05) is 48.9 Å². The average molecular weight is 381 g/mol. The predicted molar refractivity (Wildman–Crippen MR) is 103 cm³/mol. The van der Waals surface area contributed by atoms with Gasteiger partial charge >= 0.3 is 5.97 Å². The van der Waals surface area contributed by atoms with E-state index >= 15 is 0 Å². The predicted octanol–water partition coefficient (Wildman–Crippen LogP) is 2.33. The number of hydrogen-bond donors (Lipinski definition) is 1. The van der Waals surface area contributed by atoms with Crippen LogP contribution in [0.1, 0.15) is 44.9 Å². The first-order valence-electron chi connectivity index (χ1n) is 9.02. The fraction of sp³-hybridized carbons (Fsp3) is 0.300. The smallest absolute Gasteiger partial charge is 0.356 e. The first kappa shape index (κ1) is 19.3. The number of aryl methyl sites for hydroxylation is 2. The lowest BCUT2D eigenvalue weighted by atomic mass is 10.2. The number of amides is 1. The summed E-state index contributed by atoms with van der Waals surface area (Å²) in [4.78, 5) is 24.4. The zero-order valence-corrected chi connectivity index (χ0v) is 16.4. The summed E-state index contributed by atoms with van der Waals surface area (Å²) in [6.07, 6.45) is 0. The number of hydrogen-bond acceptors (Lipinski definition) is 5. The van der Waals surface area contributed by atoms with Crippen molar-refractivity contribution >= 4 is 11.9 Å². The second-order valence-corrected chi connectivity index (χ2v) is 6.34. The van der Waals surface area contributed by atoms with Crippen LogP contribution in [-0.2, 0) is 18.3 Å². The summed E-state index contributed by atoms with van der Waals surface area (Å²) in [6.45, 7) is 6.17. The second kappa shape index (κ2) is 8.08. The quantitative estimate of drug-likeness (QED) is 0.662. The van der Waals surface area contributed by atoms with Crippen LogP contribution in [0.4, 0.5) is 0 Å².